The topological polar surface area (TPSA) is 72.2 Å². The minimum Gasteiger partial charge on any atom is -0.327 e. The third-order valence-electron chi connectivity index (χ3n) is 3.07. The summed E-state index contributed by atoms with van der Waals surface area (Å²) in [4.78, 5) is 0.351. The highest BCUT2D eigenvalue weighted by Gasteiger charge is 2.17. The van der Waals surface area contributed by atoms with E-state index in [0.717, 1.165) is 24.8 Å². The van der Waals surface area contributed by atoms with Crippen LogP contribution in [0.3, 0.4) is 0 Å². The average Bonchev–Trinajstić information content (AvgIpc) is 2.82. The number of aryl methyl sites for hydroxylation is 2. The highest BCUT2D eigenvalue weighted by atomic mass is 32.2. The number of sulfonamides is 1. The zero-order valence-electron chi connectivity index (χ0n) is 10.2. The molecule has 98 valence electrons. The number of nitrogens with two attached hydrogens (primary N) is 1. The molecule has 0 radical (unpaired) electrons. The Hall–Kier alpha value is -1.17. The van der Waals surface area contributed by atoms with Gasteiger partial charge in [-0.25, -0.2) is 13.1 Å². The van der Waals surface area contributed by atoms with Crippen LogP contribution in [0.1, 0.15) is 17.5 Å². The van der Waals surface area contributed by atoms with E-state index in [1.54, 1.807) is 24.3 Å². The van der Waals surface area contributed by atoms with E-state index in [-0.39, 0.29) is 6.54 Å². The van der Waals surface area contributed by atoms with E-state index >= 15 is 0 Å². The van der Waals surface area contributed by atoms with Gasteiger partial charge in [0.2, 0.25) is 10.0 Å². The van der Waals surface area contributed by atoms with Crippen LogP contribution >= 0.6 is 0 Å². The zero-order chi connectivity index (χ0) is 13.0. The first-order valence-electron chi connectivity index (χ1n) is 6.10. The van der Waals surface area contributed by atoms with E-state index in [0.29, 0.717) is 11.4 Å². The zero-order valence-corrected chi connectivity index (χ0v) is 11.0. The molecule has 0 atom stereocenters. The van der Waals surface area contributed by atoms with E-state index in [9.17, 15) is 8.42 Å². The number of fused-ring (bicyclic) bond motifs is 1. The summed E-state index contributed by atoms with van der Waals surface area (Å²) in [6.45, 7) is 0.692. The average molecular weight is 266 g/mol. The Morgan fingerprint density at radius 1 is 1.22 bits per heavy atom. The minimum absolute atomic E-state index is 0.274. The molecule has 3 N–H and O–H groups in total. The number of hydrogen-bond acceptors (Lipinski definition) is 3. The van der Waals surface area contributed by atoms with Crippen molar-refractivity contribution >= 4 is 10.0 Å². The van der Waals surface area contributed by atoms with E-state index in [4.69, 9.17) is 5.73 Å². The maximum Gasteiger partial charge on any atom is 0.240 e. The summed E-state index contributed by atoms with van der Waals surface area (Å²) in [5.41, 5.74) is 7.72. The van der Waals surface area contributed by atoms with Crippen molar-refractivity contribution in [1.82, 2.24) is 4.72 Å². The second kappa shape index (κ2) is 5.65. The second-order valence-electron chi connectivity index (χ2n) is 4.34. The molecular formula is C13H18N2O2S. The number of rotatable bonds is 5. The van der Waals surface area contributed by atoms with Crippen molar-refractivity contribution in [1.29, 1.82) is 0 Å². The van der Waals surface area contributed by atoms with Crippen molar-refractivity contribution < 1.29 is 8.42 Å². The largest absolute Gasteiger partial charge is 0.327 e. The van der Waals surface area contributed by atoms with Crippen LogP contribution in [0.5, 0.6) is 0 Å². The molecule has 0 aromatic heterocycles. The Kier molecular flexibility index (Phi) is 4.16. The third kappa shape index (κ3) is 2.98. The minimum atomic E-state index is -3.40. The second-order valence-corrected chi connectivity index (χ2v) is 6.11. The van der Waals surface area contributed by atoms with Gasteiger partial charge in [0.25, 0.3) is 0 Å². The van der Waals surface area contributed by atoms with Gasteiger partial charge in [0.15, 0.2) is 0 Å². The Labute approximate surface area is 108 Å². The molecule has 0 bridgehead atoms. The lowest BCUT2D eigenvalue weighted by Gasteiger charge is -2.07. The molecule has 0 spiro atoms. The number of benzene rings is 1. The fraction of sp³-hybridized carbons (Fsp3) is 0.385. The van der Waals surface area contributed by atoms with Gasteiger partial charge in [0, 0.05) is 13.1 Å². The smallest absolute Gasteiger partial charge is 0.240 e. The molecule has 4 nitrogen and oxygen atoms in total. The van der Waals surface area contributed by atoms with Crippen molar-refractivity contribution in [2.45, 2.75) is 24.2 Å². The Morgan fingerprint density at radius 2 is 2.00 bits per heavy atom. The molecule has 1 aliphatic rings. The molecule has 0 heterocycles. The van der Waals surface area contributed by atoms with Gasteiger partial charge in [-0.15, -0.1) is 0 Å². The molecular weight excluding hydrogens is 248 g/mol. The molecule has 0 saturated carbocycles. The first kappa shape index (κ1) is 13.3. The molecule has 18 heavy (non-hydrogen) atoms. The molecule has 1 aromatic carbocycles. The molecule has 1 aliphatic carbocycles. The van der Waals surface area contributed by atoms with Gasteiger partial charge in [-0.05, 0) is 42.5 Å². The lowest BCUT2D eigenvalue weighted by atomic mass is 10.1. The summed E-state index contributed by atoms with van der Waals surface area (Å²) in [6.07, 6.45) is 6.59. The van der Waals surface area contributed by atoms with Crippen molar-refractivity contribution in [2.75, 3.05) is 13.1 Å². The van der Waals surface area contributed by atoms with Crippen LogP contribution in [-0.4, -0.2) is 21.5 Å². The first-order valence-corrected chi connectivity index (χ1v) is 7.58. The molecule has 0 fully saturated rings. The van der Waals surface area contributed by atoms with Crippen LogP contribution in [0.15, 0.2) is 35.2 Å². The normalized spacial score (nSPS) is 15.2. The standard InChI is InChI=1S/C13H18N2O2S/c14-8-1-2-9-15-18(16,17)13-7-6-11-4-3-5-12(11)10-13/h1-2,6-7,10,15H,3-5,8-9,14H2/b2-1+. The lowest BCUT2D eigenvalue weighted by molar-refractivity contribution is 0.585. The summed E-state index contributed by atoms with van der Waals surface area (Å²) in [7, 11) is -3.40. The summed E-state index contributed by atoms with van der Waals surface area (Å²) in [6, 6.07) is 5.39. The van der Waals surface area contributed by atoms with Gasteiger partial charge in [-0.3, -0.25) is 0 Å². The molecule has 0 unspecified atom stereocenters. The van der Waals surface area contributed by atoms with Crippen molar-refractivity contribution in [3.8, 4) is 0 Å². The van der Waals surface area contributed by atoms with Crippen LogP contribution < -0.4 is 10.5 Å². The van der Waals surface area contributed by atoms with E-state index in [1.807, 2.05) is 6.07 Å². The molecule has 0 amide bonds. The van der Waals surface area contributed by atoms with E-state index in [1.165, 1.54) is 5.56 Å². The Balaban J connectivity index is 2.12. The van der Waals surface area contributed by atoms with Gasteiger partial charge >= 0.3 is 0 Å². The van der Waals surface area contributed by atoms with Crippen molar-refractivity contribution in [3.05, 3.63) is 41.5 Å². The third-order valence-corrected chi connectivity index (χ3v) is 4.50. The monoisotopic (exact) mass is 266 g/mol. The summed E-state index contributed by atoms with van der Waals surface area (Å²) in [5, 5.41) is 0. The van der Waals surface area contributed by atoms with Crippen LogP contribution in [-0.2, 0) is 22.9 Å². The van der Waals surface area contributed by atoms with Gasteiger partial charge in [0.1, 0.15) is 0 Å². The highest BCUT2D eigenvalue weighted by Crippen LogP contribution is 2.24. The predicted molar refractivity (Wildman–Crippen MR) is 71.8 cm³/mol. The maximum atomic E-state index is 12.0. The van der Waals surface area contributed by atoms with Crippen LogP contribution in [0.25, 0.3) is 0 Å². The fourth-order valence-corrected chi connectivity index (χ4v) is 3.16. The van der Waals surface area contributed by atoms with Gasteiger partial charge in [-0.1, -0.05) is 18.2 Å². The molecule has 0 saturated heterocycles. The summed E-state index contributed by atoms with van der Waals surface area (Å²) in [5.74, 6) is 0. The van der Waals surface area contributed by atoms with E-state index < -0.39 is 10.0 Å². The van der Waals surface area contributed by atoms with Crippen molar-refractivity contribution in [2.24, 2.45) is 5.73 Å². The maximum absolute atomic E-state index is 12.0. The number of nitrogens with one attached hydrogen (secondary N) is 1. The fourth-order valence-electron chi connectivity index (χ4n) is 2.14. The summed E-state index contributed by atoms with van der Waals surface area (Å²) >= 11 is 0. The van der Waals surface area contributed by atoms with Gasteiger partial charge < -0.3 is 5.73 Å². The first-order chi connectivity index (χ1) is 8.63. The van der Waals surface area contributed by atoms with Crippen molar-refractivity contribution in [3.63, 3.8) is 0 Å². The predicted octanol–water partition coefficient (Wildman–Crippen LogP) is 0.968. The number of hydrogen-bond donors (Lipinski definition) is 2. The molecule has 5 heteroatoms. The van der Waals surface area contributed by atoms with Gasteiger partial charge in [0.05, 0.1) is 4.90 Å². The summed E-state index contributed by atoms with van der Waals surface area (Å²) < 4.78 is 26.6. The van der Waals surface area contributed by atoms with Crippen LogP contribution in [0.4, 0.5) is 0 Å². The molecule has 0 aliphatic heterocycles. The molecule has 2 rings (SSSR count). The van der Waals surface area contributed by atoms with E-state index in [2.05, 4.69) is 4.72 Å². The lowest BCUT2D eigenvalue weighted by Crippen LogP contribution is -2.24. The SMILES string of the molecule is NC/C=C/CNS(=O)(=O)c1ccc2c(c1)CCC2. The molecule has 1 aromatic rings. The van der Waals surface area contributed by atoms with Crippen LogP contribution in [0.2, 0.25) is 0 Å². The van der Waals surface area contributed by atoms with Gasteiger partial charge in [-0.2, -0.15) is 0 Å². The Morgan fingerprint density at radius 3 is 2.78 bits per heavy atom. The van der Waals surface area contributed by atoms with Crippen LogP contribution in [0, 0.1) is 0 Å². The highest BCUT2D eigenvalue weighted by molar-refractivity contribution is 7.89. The quantitative estimate of drug-likeness (QED) is 0.780. The Bertz CT molecular complexity index is 550.